The minimum absolute atomic E-state index is 0.0447. The molecule has 2 aromatic carbocycles. The molecule has 1 heterocycles. The largest absolute Gasteiger partial charge is 0.351 e. The van der Waals surface area contributed by atoms with Gasteiger partial charge in [-0.2, -0.15) is 0 Å². The number of amides is 2. The molecule has 0 saturated carbocycles. The SMILES string of the molecule is O=C(NCCCc1ccccc1)c1cccc(C(=O)NCc2ccccc2F)n1. The van der Waals surface area contributed by atoms with E-state index < -0.39 is 5.91 Å². The van der Waals surface area contributed by atoms with Crippen molar-refractivity contribution in [3.63, 3.8) is 0 Å². The van der Waals surface area contributed by atoms with Crippen LogP contribution in [-0.2, 0) is 13.0 Å². The van der Waals surface area contributed by atoms with Crippen molar-refractivity contribution in [1.29, 1.82) is 0 Å². The van der Waals surface area contributed by atoms with Gasteiger partial charge in [0, 0.05) is 18.7 Å². The first-order chi connectivity index (χ1) is 14.1. The summed E-state index contributed by atoms with van der Waals surface area (Å²) >= 11 is 0. The Morgan fingerprint density at radius 1 is 0.793 bits per heavy atom. The van der Waals surface area contributed by atoms with Crippen LogP contribution in [0.25, 0.3) is 0 Å². The molecule has 0 radical (unpaired) electrons. The van der Waals surface area contributed by atoms with Gasteiger partial charge in [0.05, 0.1) is 0 Å². The molecule has 0 spiro atoms. The molecule has 3 aromatic rings. The van der Waals surface area contributed by atoms with Crippen LogP contribution in [0.1, 0.15) is 38.5 Å². The first kappa shape index (κ1) is 20.2. The molecular weight excluding hydrogens is 369 g/mol. The van der Waals surface area contributed by atoms with Crippen molar-refractivity contribution >= 4 is 11.8 Å². The van der Waals surface area contributed by atoms with E-state index >= 15 is 0 Å². The molecule has 2 amide bonds. The molecule has 29 heavy (non-hydrogen) atoms. The fourth-order valence-corrected chi connectivity index (χ4v) is 2.83. The molecule has 2 N–H and O–H groups in total. The van der Waals surface area contributed by atoms with Crippen LogP contribution in [0.15, 0.2) is 72.8 Å². The number of nitrogens with one attached hydrogen (secondary N) is 2. The van der Waals surface area contributed by atoms with Crippen LogP contribution in [0.4, 0.5) is 4.39 Å². The second-order valence-corrected chi connectivity index (χ2v) is 6.53. The predicted octanol–water partition coefficient (Wildman–Crippen LogP) is 3.51. The maximum Gasteiger partial charge on any atom is 0.270 e. The first-order valence-corrected chi connectivity index (χ1v) is 9.44. The van der Waals surface area contributed by atoms with Crippen LogP contribution in [0, 0.1) is 5.82 Å². The lowest BCUT2D eigenvalue weighted by atomic mass is 10.1. The van der Waals surface area contributed by atoms with Crippen LogP contribution in [0.5, 0.6) is 0 Å². The molecule has 0 unspecified atom stereocenters. The quantitative estimate of drug-likeness (QED) is 0.577. The normalized spacial score (nSPS) is 10.4. The lowest BCUT2D eigenvalue weighted by Crippen LogP contribution is -2.28. The molecule has 0 bridgehead atoms. The van der Waals surface area contributed by atoms with Gasteiger partial charge in [0.1, 0.15) is 17.2 Å². The van der Waals surface area contributed by atoms with Gasteiger partial charge in [0.15, 0.2) is 0 Å². The third kappa shape index (κ3) is 5.97. The molecular formula is C23H22FN3O2. The Kier molecular flexibility index (Phi) is 7.05. The summed E-state index contributed by atoms with van der Waals surface area (Å²) in [7, 11) is 0. The molecule has 5 nitrogen and oxygen atoms in total. The lowest BCUT2D eigenvalue weighted by molar-refractivity contribution is 0.0942. The van der Waals surface area contributed by atoms with E-state index in [1.165, 1.54) is 17.7 Å². The molecule has 0 fully saturated rings. The van der Waals surface area contributed by atoms with Crippen molar-refractivity contribution in [2.45, 2.75) is 19.4 Å². The Hall–Kier alpha value is -3.54. The lowest BCUT2D eigenvalue weighted by Gasteiger charge is -2.08. The van der Waals surface area contributed by atoms with Gasteiger partial charge in [-0.3, -0.25) is 9.59 Å². The van der Waals surface area contributed by atoms with Gasteiger partial charge in [-0.15, -0.1) is 0 Å². The Balaban J connectivity index is 1.50. The number of nitrogens with zero attached hydrogens (tertiary/aromatic N) is 1. The molecule has 0 atom stereocenters. The van der Waals surface area contributed by atoms with E-state index in [1.54, 1.807) is 30.3 Å². The number of hydrogen-bond donors (Lipinski definition) is 2. The van der Waals surface area contributed by atoms with E-state index in [1.807, 2.05) is 30.3 Å². The Morgan fingerprint density at radius 2 is 1.45 bits per heavy atom. The van der Waals surface area contributed by atoms with Gasteiger partial charge in [0.25, 0.3) is 11.8 Å². The zero-order valence-corrected chi connectivity index (χ0v) is 15.9. The van der Waals surface area contributed by atoms with Crippen LogP contribution in [0.2, 0.25) is 0 Å². The second-order valence-electron chi connectivity index (χ2n) is 6.53. The average Bonchev–Trinajstić information content (AvgIpc) is 2.76. The number of carbonyl (C=O) groups is 2. The molecule has 148 valence electrons. The van der Waals surface area contributed by atoms with Crippen molar-refractivity contribution in [2.24, 2.45) is 0 Å². The van der Waals surface area contributed by atoms with E-state index in [9.17, 15) is 14.0 Å². The Bertz CT molecular complexity index is 977. The Morgan fingerprint density at radius 3 is 2.17 bits per heavy atom. The van der Waals surface area contributed by atoms with Gasteiger partial charge >= 0.3 is 0 Å². The van der Waals surface area contributed by atoms with Crippen LogP contribution < -0.4 is 10.6 Å². The zero-order chi connectivity index (χ0) is 20.5. The number of halogens is 1. The number of carbonyl (C=O) groups excluding carboxylic acids is 2. The van der Waals surface area contributed by atoms with E-state index in [0.717, 1.165) is 12.8 Å². The zero-order valence-electron chi connectivity index (χ0n) is 15.9. The highest BCUT2D eigenvalue weighted by Gasteiger charge is 2.12. The third-order valence-electron chi connectivity index (χ3n) is 4.38. The summed E-state index contributed by atoms with van der Waals surface area (Å²) in [5.41, 5.74) is 1.88. The summed E-state index contributed by atoms with van der Waals surface area (Å²) in [6.07, 6.45) is 1.67. The van der Waals surface area contributed by atoms with Crippen molar-refractivity contribution < 1.29 is 14.0 Å². The number of aromatic nitrogens is 1. The fraction of sp³-hybridized carbons (Fsp3) is 0.174. The highest BCUT2D eigenvalue weighted by Crippen LogP contribution is 2.07. The van der Waals surface area contributed by atoms with Crippen molar-refractivity contribution in [1.82, 2.24) is 15.6 Å². The smallest absolute Gasteiger partial charge is 0.270 e. The predicted molar refractivity (Wildman–Crippen MR) is 109 cm³/mol. The molecule has 0 saturated heterocycles. The van der Waals surface area contributed by atoms with Crippen molar-refractivity contribution in [3.05, 3.63) is 101 Å². The van der Waals surface area contributed by atoms with Gasteiger partial charge < -0.3 is 10.6 Å². The second kappa shape index (κ2) is 10.1. The monoisotopic (exact) mass is 391 g/mol. The third-order valence-corrected chi connectivity index (χ3v) is 4.38. The number of aryl methyl sites for hydroxylation is 1. The van der Waals surface area contributed by atoms with Crippen LogP contribution in [0.3, 0.4) is 0 Å². The molecule has 6 heteroatoms. The minimum atomic E-state index is -0.466. The van der Waals surface area contributed by atoms with Gasteiger partial charge in [-0.1, -0.05) is 54.6 Å². The highest BCUT2D eigenvalue weighted by atomic mass is 19.1. The van der Waals surface area contributed by atoms with Crippen LogP contribution >= 0.6 is 0 Å². The molecule has 1 aromatic heterocycles. The summed E-state index contributed by atoms with van der Waals surface area (Å²) in [5.74, 6) is -1.18. The summed E-state index contributed by atoms with van der Waals surface area (Å²) in [6.45, 7) is 0.558. The van der Waals surface area contributed by atoms with E-state index in [0.29, 0.717) is 12.1 Å². The molecule has 3 rings (SSSR count). The maximum atomic E-state index is 13.6. The van der Waals surface area contributed by atoms with E-state index in [4.69, 9.17) is 0 Å². The van der Waals surface area contributed by atoms with Crippen LogP contribution in [-0.4, -0.2) is 23.3 Å². The first-order valence-electron chi connectivity index (χ1n) is 9.44. The molecule has 0 aliphatic heterocycles. The minimum Gasteiger partial charge on any atom is -0.351 e. The fourth-order valence-electron chi connectivity index (χ4n) is 2.83. The number of hydrogen-bond acceptors (Lipinski definition) is 3. The summed E-state index contributed by atoms with van der Waals surface area (Å²) in [4.78, 5) is 28.7. The molecule has 0 aliphatic carbocycles. The maximum absolute atomic E-state index is 13.6. The van der Waals surface area contributed by atoms with Gasteiger partial charge in [-0.25, -0.2) is 9.37 Å². The number of pyridine rings is 1. The Labute approximate surface area is 169 Å². The average molecular weight is 391 g/mol. The van der Waals surface area contributed by atoms with E-state index in [-0.39, 0.29) is 29.7 Å². The van der Waals surface area contributed by atoms with Crippen molar-refractivity contribution in [2.75, 3.05) is 6.54 Å². The van der Waals surface area contributed by atoms with Gasteiger partial charge in [0.2, 0.25) is 0 Å². The summed E-state index contributed by atoms with van der Waals surface area (Å²) in [5, 5.41) is 5.44. The standard InChI is InChI=1S/C23H22FN3O2/c24-19-12-5-4-11-18(19)16-26-23(29)21-14-6-13-20(27-21)22(28)25-15-7-10-17-8-2-1-3-9-17/h1-6,8-9,11-14H,7,10,15-16H2,(H,25,28)(H,26,29). The van der Waals surface area contributed by atoms with Crippen molar-refractivity contribution in [3.8, 4) is 0 Å². The van der Waals surface area contributed by atoms with E-state index in [2.05, 4.69) is 15.6 Å². The number of benzene rings is 2. The molecule has 0 aliphatic rings. The number of rotatable bonds is 8. The summed E-state index contributed by atoms with van der Waals surface area (Å²) < 4.78 is 13.6. The highest BCUT2D eigenvalue weighted by molar-refractivity contribution is 5.96. The van der Waals surface area contributed by atoms with Gasteiger partial charge in [-0.05, 0) is 36.6 Å². The topological polar surface area (TPSA) is 71.1 Å². The summed E-state index contributed by atoms with van der Waals surface area (Å²) in [6, 6.07) is 20.9.